The van der Waals surface area contributed by atoms with Crippen LogP contribution in [-0.2, 0) is 20.7 Å². The van der Waals surface area contributed by atoms with Crippen molar-refractivity contribution < 1.29 is 19.4 Å². The van der Waals surface area contributed by atoms with E-state index in [9.17, 15) is 14.7 Å². The lowest BCUT2D eigenvalue weighted by molar-refractivity contribution is -0.125. The molecule has 3 N–H and O–H groups in total. The predicted octanol–water partition coefficient (Wildman–Crippen LogP) is -0.186. The Morgan fingerprint density at radius 3 is 2.63 bits per heavy atom. The summed E-state index contributed by atoms with van der Waals surface area (Å²) in [5.41, 5.74) is 0.528. The fourth-order valence-electron chi connectivity index (χ4n) is 1.43. The first-order valence-corrected chi connectivity index (χ1v) is 5.92. The van der Waals surface area contributed by atoms with E-state index >= 15 is 0 Å². The van der Waals surface area contributed by atoms with Gasteiger partial charge in [-0.25, -0.2) is 0 Å². The number of phenolic OH excluding ortho intramolecular Hbond substituents is 1. The van der Waals surface area contributed by atoms with Crippen LogP contribution < -0.4 is 10.6 Å². The molecule has 6 heteroatoms. The van der Waals surface area contributed by atoms with E-state index in [1.165, 1.54) is 6.07 Å². The Balaban J connectivity index is 2.28. The summed E-state index contributed by atoms with van der Waals surface area (Å²) in [6.45, 7) is 0.748. The molecule has 0 atom stereocenters. The van der Waals surface area contributed by atoms with Crippen LogP contribution in [0.4, 0.5) is 0 Å². The van der Waals surface area contributed by atoms with Gasteiger partial charge in [-0.1, -0.05) is 18.2 Å². The van der Waals surface area contributed by atoms with Gasteiger partial charge in [0, 0.05) is 19.2 Å². The van der Waals surface area contributed by atoms with E-state index in [2.05, 4.69) is 10.6 Å². The minimum absolute atomic E-state index is 0.0397. The smallest absolute Gasteiger partial charge is 0.239 e. The summed E-state index contributed by atoms with van der Waals surface area (Å²) in [4.78, 5) is 22.9. The number of ether oxygens (including phenoxy) is 1. The van der Waals surface area contributed by atoms with E-state index in [4.69, 9.17) is 4.74 Å². The molecule has 0 unspecified atom stereocenters. The highest BCUT2D eigenvalue weighted by Crippen LogP contribution is 2.15. The van der Waals surface area contributed by atoms with Gasteiger partial charge in [0.25, 0.3) is 0 Å². The van der Waals surface area contributed by atoms with E-state index < -0.39 is 0 Å². The lowest BCUT2D eigenvalue weighted by Crippen LogP contribution is -2.38. The summed E-state index contributed by atoms with van der Waals surface area (Å²) >= 11 is 0. The van der Waals surface area contributed by atoms with Crippen molar-refractivity contribution in [2.45, 2.75) is 6.42 Å². The third-order valence-corrected chi connectivity index (χ3v) is 2.42. The number of nitrogens with one attached hydrogen (secondary N) is 2. The fourth-order valence-corrected chi connectivity index (χ4v) is 1.43. The van der Waals surface area contributed by atoms with Gasteiger partial charge < -0.3 is 20.5 Å². The molecule has 0 spiro atoms. The van der Waals surface area contributed by atoms with Gasteiger partial charge in [0.05, 0.1) is 19.6 Å². The summed E-state index contributed by atoms with van der Waals surface area (Å²) in [7, 11) is 1.54. The number of methoxy groups -OCH3 is 1. The average Bonchev–Trinajstić information content (AvgIpc) is 2.39. The van der Waals surface area contributed by atoms with Crippen molar-refractivity contribution >= 4 is 11.8 Å². The van der Waals surface area contributed by atoms with Gasteiger partial charge in [0.15, 0.2) is 0 Å². The van der Waals surface area contributed by atoms with Crippen molar-refractivity contribution in [1.29, 1.82) is 0 Å². The van der Waals surface area contributed by atoms with Crippen LogP contribution >= 0.6 is 0 Å². The van der Waals surface area contributed by atoms with Crippen molar-refractivity contribution in [3.63, 3.8) is 0 Å². The molecule has 0 radical (unpaired) electrons. The molecular weight excluding hydrogens is 248 g/mol. The number of benzene rings is 1. The highest BCUT2D eigenvalue weighted by atomic mass is 16.5. The molecule has 1 aromatic rings. The molecule has 0 aromatic heterocycles. The van der Waals surface area contributed by atoms with Crippen molar-refractivity contribution in [2.24, 2.45) is 0 Å². The Morgan fingerprint density at radius 1 is 1.21 bits per heavy atom. The van der Waals surface area contributed by atoms with Crippen LogP contribution in [0.2, 0.25) is 0 Å². The molecule has 0 aliphatic rings. The Morgan fingerprint density at radius 2 is 1.95 bits per heavy atom. The molecule has 0 aliphatic carbocycles. The van der Waals surface area contributed by atoms with Crippen LogP contribution in [0.5, 0.6) is 5.75 Å². The third-order valence-electron chi connectivity index (χ3n) is 2.42. The summed E-state index contributed by atoms with van der Waals surface area (Å²) in [6, 6.07) is 6.59. The summed E-state index contributed by atoms with van der Waals surface area (Å²) in [6.07, 6.45) is 0.0397. The zero-order valence-electron chi connectivity index (χ0n) is 10.8. The van der Waals surface area contributed by atoms with Gasteiger partial charge in [-0.3, -0.25) is 9.59 Å². The van der Waals surface area contributed by atoms with Gasteiger partial charge in [-0.05, 0) is 6.07 Å². The topological polar surface area (TPSA) is 87.7 Å². The van der Waals surface area contributed by atoms with Gasteiger partial charge in [0.1, 0.15) is 5.75 Å². The third kappa shape index (κ3) is 5.87. The molecule has 0 saturated heterocycles. The molecule has 1 aromatic carbocycles. The molecule has 6 nitrogen and oxygen atoms in total. The first-order valence-electron chi connectivity index (χ1n) is 5.92. The van der Waals surface area contributed by atoms with Gasteiger partial charge >= 0.3 is 0 Å². The minimum atomic E-state index is -0.316. The largest absolute Gasteiger partial charge is 0.508 e. The standard InChI is InChI=1S/C13H18N2O4/c1-19-7-6-14-13(18)9-15-12(17)8-10-4-2-3-5-11(10)16/h2-5,16H,6-9H2,1H3,(H,14,18)(H,15,17). The second kappa shape index (κ2) is 8.10. The number of hydrogen-bond donors (Lipinski definition) is 3. The van der Waals surface area contributed by atoms with E-state index in [1.54, 1.807) is 25.3 Å². The maximum atomic E-state index is 11.6. The summed E-state index contributed by atoms with van der Waals surface area (Å²) in [5, 5.41) is 14.6. The molecule has 0 heterocycles. The number of hydrogen-bond acceptors (Lipinski definition) is 4. The minimum Gasteiger partial charge on any atom is -0.508 e. The number of carbonyl (C=O) groups is 2. The zero-order valence-corrected chi connectivity index (χ0v) is 10.8. The number of rotatable bonds is 7. The number of aromatic hydroxyl groups is 1. The molecule has 2 amide bonds. The van der Waals surface area contributed by atoms with E-state index in [-0.39, 0.29) is 30.5 Å². The lowest BCUT2D eigenvalue weighted by atomic mass is 10.1. The zero-order chi connectivity index (χ0) is 14.1. The molecule has 0 bridgehead atoms. The lowest BCUT2D eigenvalue weighted by Gasteiger charge is -2.07. The van der Waals surface area contributed by atoms with Crippen LogP contribution in [-0.4, -0.2) is 43.7 Å². The van der Waals surface area contributed by atoms with E-state index in [0.717, 1.165) is 0 Å². The van der Waals surface area contributed by atoms with E-state index in [0.29, 0.717) is 18.7 Å². The van der Waals surface area contributed by atoms with Crippen LogP contribution in [0.15, 0.2) is 24.3 Å². The molecule has 104 valence electrons. The van der Waals surface area contributed by atoms with E-state index in [1.807, 2.05) is 0 Å². The Bertz CT molecular complexity index is 434. The van der Waals surface area contributed by atoms with Gasteiger partial charge in [-0.15, -0.1) is 0 Å². The Kier molecular flexibility index (Phi) is 6.38. The average molecular weight is 266 g/mol. The molecule has 0 saturated carbocycles. The molecule has 19 heavy (non-hydrogen) atoms. The van der Waals surface area contributed by atoms with Crippen LogP contribution in [0, 0.1) is 0 Å². The number of phenols is 1. The van der Waals surface area contributed by atoms with Crippen LogP contribution in [0.25, 0.3) is 0 Å². The Labute approximate surface area is 111 Å². The highest BCUT2D eigenvalue weighted by Gasteiger charge is 2.08. The van der Waals surface area contributed by atoms with Crippen LogP contribution in [0.1, 0.15) is 5.56 Å². The maximum absolute atomic E-state index is 11.6. The summed E-state index contributed by atoms with van der Waals surface area (Å²) < 4.78 is 4.78. The van der Waals surface area contributed by atoms with Crippen LogP contribution in [0.3, 0.4) is 0 Å². The molecule has 1 rings (SSSR count). The second-order valence-electron chi connectivity index (χ2n) is 3.92. The van der Waals surface area contributed by atoms with Gasteiger partial charge in [-0.2, -0.15) is 0 Å². The molecule has 0 fully saturated rings. The second-order valence-corrected chi connectivity index (χ2v) is 3.92. The van der Waals surface area contributed by atoms with Crippen molar-refractivity contribution in [1.82, 2.24) is 10.6 Å². The van der Waals surface area contributed by atoms with Crippen molar-refractivity contribution in [3.05, 3.63) is 29.8 Å². The first kappa shape index (κ1) is 15.0. The van der Waals surface area contributed by atoms with Crippen molar-refractivity contribution in [2.75, 3.05) is 26.8 Å². The quantitative estimate of drug-likeness (QED) is 0.597. The summed E-state index contributed by atoms with van der Waals surface area (Å²) in [5.74, 6) is -0.520. The number of para-hydroxylation sites is 1. The highest BCUT2D eigenvalue weighted by molar-refractivity contribution is 5.85. The monoisotopic (exact) mass is 266 g/mol. The molecular formula is C13H18N2O4. The van der Waals surface area contributed by atoms with Gasteiger partial charge in [0.2, 0.25) is 11.8 Å². The normalized spacial score (nSPS) is 9.95. The first-order chi connectivity index (χ1) is 9.13. The number of amides is 2. The number of carbonyl (C=O) groups excluding carboxylic acids is 2. The SMILES string of the molecule is COCCNC(=O)CNC(=O)Cc1ccccc1O. The predicted molar refractivity (Wildman–Crippen MR) is 69.7 cm³/mol. The maximum Gasteiger partial charge on any atom is 0.239 e. The van der Waals surface area contributed by atoms with Crippen molar-refractivity contribution in [3.8, 4) is 5.75 Å². The fraction of sp³-hybridized carbons (Fsp3) is 0.385. The molecule has 0 aliphatic heterocycles. The Hall–Kier alpha value is -2.08.